The highest BCUT2D eigenvalue weighted by molar-refractivity contribution is 6.00. The Hall–Kier alpha value is -4.21. The number of carbonyl (C=O) groups is 2. The van der Waals surface area contributed by atoms with Gasteiger partial charge in [-0.05, 0) is 48.9 Å². The van der Waals surface area contributed by atoms with Crippen LogP contribution in [-0.2, 0) is 9.59 Å². The van der Waals surface area contributed by atoms with Gasteiger partial charge in [-0.25, -0.2) is 4.98 Å². The minimum absolute atomic E-state index is 0.0321. The predicted molar refractivity (Wildman–Crippen MR) is 137 cm³/mol. The van der Waals surface area contributed by atoms with E-state index >= 15 is 0 Å². The third-order valence-electron chi connectivity index (χ3n) is 6.58. The second kappa shape index (κ2) is 10.2. The molecule has 2 aliphatic heterocycles. The second-order valence-corrected chi connectivity index (χ2v) is 9.04. The van der Waals surface area contributed by atoms with Gasteiger partial charge in [-0.2, -0.15) is 0 Å². The van der Waals surface area contributed by atoms with Gasteiger partial charge in [-0.3, -0.25) is 9.59 Å². The van der Waals surface area contributed by atoms with E-state index in [1.165, 1.54) is 0 Å². The summed E-state index contributed by atoms with van der Waals surface area (Å²) in [6, 6.07) is 15.0. The van der Waals surface area contributed by atoms with Crippen LogP contribution in [0.5, 0.6) is 5.75 Å². The number of anilines is 4. The van der Waals surface area contributed by atoms with Crippen molar-refractivity contribution in [2.75, 3.05) is 55.0 Å². The molecule has 1 unspecified atom stereocenters. The van der Waals surface area contributed by atoms with Crippen molar-refractivity contribution in [2.45, 2.75) is 13.3 Å². The number of benzene rings is 1. The lowest BCUT2D eigenvalue weighted by atomic mass is 10.1. The molecule has 36 heavy (non-hydrogen) atoms. The van der Waals surface area contributed by atoms with Crippen LogP contribution < -0.4 is 19.9 Å². The number of ether oxygens (including phenoxy) is 1. The Morgan fingerprint density at radius 3 is 2.58 bits per heavy atom. The maximum atomic E-state index is 13.2. The van der Waals surface area contributed by atoms with Crippen LogP contribution in [0.15, 0.2) is 54.7 Å². The van der Waals surface area contributed by atoms with E-state index in [0.717, 1.165) is 22.9 Å². The van der Waals surface area contributed by atoms with Crippen LogP contribution in [-0.4, -0.2) is 71.7 Å². The first-order valence-electron chi connectivity index (χ1n) is 12.0. The number of aryl methyl sites for hydroxylation is 1. The molecule has 0 saturated carbocycles. The first kappa shape index (κ1) is 23.5. The molecule has 10 nitrogen and oxygen atoms in total. The van der Waals surface area contributed by atoms with E-state index in [9.17, 15) is 9.59 Å². The van der Waals surface area contributed by atoms with Crippen LogP contribution in [0.25, 0.3) is 0 Å². The summed E-state index contributed by atoms with van der Waals surface area (Å²) in [5.74, 6) is 2.46. The van der Waals surface area contributed by atoms with Crippen molar-refractivity contribution in [3.63, 3.8) is 0 Å². The number of pyridine rings is 1. The van der Waals surface area contributed by atoms with Gasteiger partial charge in [0, 0.05) is 57.1 Å². The smallest absolute Gasteiger partial charge is 0.228 e. The molecular formula is C26H29N7O3. The highest BCUT2D eigenvalue weighted by Gasteiger charge is 2.38. The summed E-state index contributed by atoms with van der Waals surface area (Å²) in [6.45, 7) is 4.88. The monoisotopic (exact) mass is 487 g/mol. The third-order valence-corrected chi connectivity index (χ3v) is 6.58. The quantitative estimate of drug-likeness (QED) is 0.566. The molecule has 0 spiro atoms. The van der Waals surface area contributed by atoms with E-state index in [1.54, 1.807) is 18.2 Å². The molecule has 2 saturated heterocycles. The van der Waals surface area contributed by atoms with E-state index in [0.29, 0.717) is 44.3 Å². The molecule has 0 radical (unpaired) electrons. The van der Waals surface area contributed by atoms with Gasteiger partial charge >= 0.3 is 0 Å². The lowest BCUT2D eigenvalue weighted by molar-refractivity contribution is -0.136. The molecule has 186 valence electrons. The minimum Gasteiger partial charge on any atom is -0.497 e. The van der Waals surface area contributed by atoms with Crippen LogP contribution >= 0.6 is 0 Å². The molecule has 4 heterocycles. The Balaban J connectivity index is 1.15. The summed E-state index contributed by atoms with van der Waals surface area (Å²) in [4.78, 5) is 35.8. The van der Waals surface area contributed by atoms with Gasteiger partial charge < -0.3 is 24.8 Å². The Labute approximate surface area is 209 Å². The SMILES string of the molecule is COc1cccc(N2CC(C(=O)N3CCN(c4ccc(Nc5cc(C)ccn5)nn4)CC3)CC2=O)c1. The molecule has 0 aliphatic carbocycles. The number of rotatable bonds is 6. The molecule has 2 amide bonds. The van der Waals surface area contributed by atoms with Crippen LogP contribution in [0.3, 0.4) is 0 Å². The Kier molecular flexibility index (Phi) is 6.66. The molecule has 2 aromatic heterocycles. The van der Waals surface area contributed by atoms with Gasteiger partial charge in [-0.1, -0.05) is 6.07 Å². The summed E-state index contributed by atoms with van der Waals surface area (Å²) in [7, 11) is 1.59. The highest BCUT2D eigenvalue weighted by atomic mass is 16.5. The molecular weight excluding hydrogens is 458 g/mol. The number of amides is 2. The fraction of sp³-hybridized carbons (Fsp3) is 0.346. The first-order chi connectivity index (χ1) is 17.5. The van der Waals surface area contributed by atoms with Crippen LogP contribution in [0.1, 0.15) is 12.0 Å². The van der Waals surface area contributed by atoms with E-state index in [2.05, 4.69) is 25.4 Å². The van der Waals surface area contributed by atoms with Crippen molar-refractivity contribution in [1.82, 2.24) is 20.1 Å². The van der Waals surface area contributed by atoms with Crippen LogP contribution in [0.4, 0.5) is 23.1 Å². The van der Waals surface area contributed by atoms with E-state index < -0.39 is 0 Å². The van der Waals surface area contributed by atoms with Crippen LogP contribution in [0.2, 0.25) is 0 Å². The zero-order chi connectivity index (χ0) is 25.1. The summed E-state index contributed by atoms with van der Waals surface area (Å²) >= 11 is 0. The summed E-state index contributed by atoms with van der Waals surface area (Å²) < 4.78 is 5.27. The number of carbonyl (C=O) groups excluding carboxylic acids is 2. The van der Waals surface area contributed by atoms with Crippen molar-refractivity contribution >= 4 is 35.0 Å². The fourth-order valence-electron chi connectivity index (χ4n) is 4.61. The van der Waals surface area contributed by atoms with Gasteiger partial charge in [0.05, 0.1) is 13.0 Å². The number of nitrogens with one attached hydrogen (secondary N) is 1. The fourth-order valence-corrected chi connectivity index (χ4v) is 4.61. The second-order valence-electron chi connectivity index (χ2n) is 9.04. The normalized spacial score (nSPS) is 17.9. The molecule has 1 aromatic carbocycles. The summed E-state index contributed by atoms with van der Waals surface area (Å²) in [5, 5.41) is 11.8. The van der Waals surface area contributed by atoms with Crippen molar-refractivity contribution in [1.29, 1.82) is 0 Å². The lowest BCUT2D eigenvalue weighted by Crippen LogP contribution is -2.51. The van der Waals surface area contributed by atoms with Crippen molar-refractivity contribution in [3.8, 4) is 5.75 Å². The van der Waals surface area contributed by atoms with Crippen molar-refractivity contribution < 1.29 is 14.3 Å². The summed E-state index contributed by atoms with van der Waals surface area (Å²) in [6.07, 6.45) is 1.98. The highest BCUT2D eigenvalue weighted by Crippen LogP contribution is 2.29. The van der Waals surface area contributed by atoms with Crippen molar-refractivity contribution in [2.24, 2.45) is 5.92 Å². The maximum Gasteiger partial charge on any atom is 0.228 e. The Morgan fingerprint density at radius 2 is 1.86 bits per heavy atom. The number of hydrogen-bond donors (Lipinski definition) is 1. The number of piperazine rings is 1. The van der Waals surface area contributed by atoms with Crippen LogP contribution in [0, 0.1) is 12.8 Å². The maximum absolute atomic E-state index is 13.2. The molecule has 2 fully saturated rings. The topological polar surface area (TPSA) is 104 Å². The first-order valence-corrected chi connectivity index (χ1v) is 12.0. The standard InChI is InChI=1S/C26H29N7O3/c1-18-8-9-27-23(14-18)28-22-6-7-24(30-29-22)31-10-12-32(13-11-31)26(35)19-15-25(34)33(17-19)20-4-3-5-21(16-20)36-2/h3-9,14,16,19H,10-13,15,17H2,1-2H3,(H,27,28,29). The number of nitrogens with zero attached hydrogens (tertiary/aromatic N) is 6. The van der Waals surface area contributed by atoms with Gasteiger partial charge in [-0.15, -0.1) is 10.2 Å². The van der Waals surface area contributed by atoms with Gasteiger partial charge in [0.1, 0.15) is 11.6 Å². The molecule has 1 atom stereocenters. The number of hydrogen-bond acceptors (Lipinski definition) is 8. The van der Waals surface area contributed by atoms with Gasteiger partial charge in [0.25, 0.3) is 0 Å². The van der Waals surface area contributed by atoms with E-state index in [4.69, 9.17) is 4.74 Å². The molecule has 1 N–H and O–H groups in total. The molecule has 0 bridgehead atoms. The van der Waals surface area contributed by atoms with Crippen molar-refractivity contribution in [3.05, 3.63) is 60.3 Å². The third kappa shape index (κ3) is 5.07. The average Bonchev–Trinajstić information content (AvgIpc) is 3.30. The number of aromatic nitrogens is 3. The Morgan fingerprint density at radius 1 is 1.03 bits per heavy atom. The van der Waals surface area contributed by atoms with E-state index in [1.807, 2.05) is 60.4 Å². The largest absolute Gasteiger partial charge is 0.497 e. The summed E-state index contributed by atoms with van der Waals surface area (Å²) in [5.41, 5.74) is 1.87. The average molecular weight is 488 g/mol. The van der Waals surface area contributed by atoms with Gasteiger partial charge in [0.2, 0.25) is 11.8 Å². The zero-order valence-corrected chi connectivity index (χ0v) is 20.4. The van der Waals surface area contributed by atoms with Gasteiger partial charge in [0.15, 0.2) is 11.6 Å². The number of methoxy groups -OCH3 is 1. The zero-order valence-electron chi connectivity index (χ0n) is 20.4. The minimum atomic E-state index is -0.337. The molecule has 10 heteroatoms. The predicted octanol–water partition coefficient (Wildman–Crippen LogP) is 2.63. The Bertz CT molecular complexity index is 1240. The lowest BCUT2D eigenvalue weighted by Gasteiger charge is -2.36. The molecule has 2 aliphatic rings. The molecule has 5 rings (SSSR count). The van der Waals surface area contributed by atoms with E-state index in [-0.39, 0.29) is 24.2 Å². The molecule has 3 aromatic rings.